The van der Waals surface area contributed by atoms with E-state index in [1.807, 2.05) is 30.3 Å². The molecular formula is C12H10BrN5O. The third-order valence-corrected chi connectivity index (χ3v) is 3.31. The molecule has 96 valence electrons. The van der Waals surface area contributed by atoms with Crippen LogP contribution in [0.2, 0.25) is 0 Å². The number of anilines is 1. The Bertz CT molecular complexity index is 664. The number of tetrazole rings is 1. The number of halogens is 1. The van der Waals surface area contributed by atoms with E-state index in [2.05, 4.69) is 36.8 Å². The summed E-state index contributed by atoms with van der Waals surface area (Å²) >= 11 is 3.42. The summed E-state index contributed by atoms with van der Waals surface area (Å²) < 4.78 is 7.90. The average molecular weight is 320 g/mol. The Labute approximate surface area is 117 Å². The van der Waals surface area contributed by atoms with Crippen molar-refractivity contribution >= 4 is 21.6 Å². The van der Waals surface area contributed by atoms with Gasteiger partial charge >= 0.3 is 0 Å². The minimum atomic E-state index is 0.604. The Morgan fingerprint density at radius 1 is 1.32 bits per heavy atom. The van der Waals surface area contributed by atoms with Crippen molar-refractivity contribution in [2.75, 3.05) is 5.32 Å². The van der Waals surface area contributed by atoms with E-state index in [1.165, 1.54) is 0 Å². The first-order valence-corrected chi connectivity index (χ1v) is 6.41. The van der Waals surface area contributed by atoms with Crippen molar-refractivity contribution in [2.24, 2.45) is 0 Å². The molecule has 0 aliphatic rings. The van der Waals surface area contributed by atoms with Crippen LogP contribution in [0, 0.1) is 0 Å². The number of nitrogens with zero attached hydrogens (tertiary/aromatic N) is 4. The van der Waals surface area contributed by atoms with E-state index in [9.17, 15) is 0 Å². The third kappa shape index (κ3) is 2.65. The normalized spacial score (nSPS) is 10.6. The lowest BCUT2D eigenvalue weighted by molar-refractivity contribution is 0.516. The number of furan rings is 1. The molecule has 0 aliphatic heterocycles. The highest BCUT2D eigenvalue weighted by molar-refractivity contribution is 9.10. The molecular weight excluding hydrogens is 310 g/mol. The molecule has 3 aromatic rings. The van der Waals surface area contributed by atoms with Crippen molar-refractivity contribution in [2.45, 2.75) is 6.54 Å². The van der Waals surface area contributed by atoms with Gasteiger partial charge in [-0.15, -0.1) is 5.10 Å². The standard InChI is InChI=1S/C12H10BrN5O/c13-11-4-5-19-12(11)7-14-9-2-1-3-10(6-9)18-8-15-16-17-18/h1-6,8,14H,7H2. The zero-order valence-corrected chi connectivity index (χ0v) is 11.4. The first-order valence-electron chi connectivity index (χ1n) is 5.62. The van der Waals surface area contributed by atoms with Gasteiger partial charge < -0.3 is 9.73 Å². The summed E-state index contributed by atoms with van der Waals surface area (Å²) in [6, 6.07) is 9.69. The molecule has 0 fully saturated rings. The van der Waals surface area contributed by atoms with Crippen LogP contribution in [0.3, 0.4) is 0 Å². The van der Waals surface area contributed by atoms with Crippen molar-refractivity contribution < 1.29 is 4.42 Å². The summed E-state index contributed by atoms with van der Waals surface area (Å²) in [4.78, 5) is 0. The molecule has 0 atom stereocenters. The van der Waals surface area contributed by atoms with Gasteiger partial charge in [0, 0.05) is 5.69 Å². The van der Waals surface area contributed by atoms with Gasteiger partial charge in [-0.1, -0.05) is 6.07 Å². The second kappa shape index (κ2) is 5.23. The Hall–Kier alpha value is -2.15. The summed E-state index contributed by atoms with van der Waals surface area (Å²) in [6.45, 7) is 0.604. The molecule has 0 saturated heterocycles. The van der Waals surface area contributed by atoms with E-state index >= 15 is 0 Å². The summed E-state index contributed by atoms with van der Waals surface area (Å²) in [5.74, 6) is 0.854. The monoisotopic (exact) mass is 319 g/mol. The molecule has 0 radical (unpaired) electrons. The number of aromatic nitrogens is 4. The highest BCUT2D eigenvalue weighted by Crippen LogP contribution is 2.20. The summed E-state index contributed by atoms with van der Waals surface area (Å²) in [7, 11) is 0. The quantitative estimate of drug-likeness (QED) is 0.800. The Kier molecular flexibility index (Phi) is 3.28. The smallest absolute Gasteiger partial charge is 0.143 e. The molecule has 1 N–H and O–H groups in total. The molecule has 0 amide bonds. The minimum absolute atomic E-state index is 0.604. The van der Waals surface area contributed by atoms with Crippen LogP contribution in [0.5, 0.6) is 0 Å². The highest BCUT2D eigenvalue weighted by Gasteiger charge is 2.04. The van der Waals surface area contributed by atoms with Gasteiger partial charge in [-0.05, 0) is 50.6 Å². The van der Waals surface area contributed by atoms with Crippen molar-refractivity contribution in [3.8, 4) is 5.69 Å². The van der Waals surface area contributed by atoms with Crippen LogP contribution in [0.4, 0.5) is 5.69 Å². The predicted molar refractivity (Wildman–Crippen MR) is 72.9 cm³/mol. The molecule has 7 heteroatoms. The molecule has 0 saturated carbocycles. The van der Waals surface area contributed by atoms with Gasteiger partial charge in [0.1, 0.15) is 12.1 Å². The highest BCUT2D eigenvalue weighted by atomic mass is 79.9. The minimum Gasteiger partial charge on any atom is -0.466 e. The van der Waals surface area contributed by atoms with E-state index in [0.717, 1.165) is 21.6 Å². The largest absolute Gasteiger partial charge is 0.466 e. The molecule has 19 heavy (non-hydrogen) atoms. The number of hydrogen-bond donors (Lipinski definition) is 1. The van der Waals surface area contributed by atoms with Crippen LogP contribution in [0.25, 0.3) is 5.69 Å². The van der Waals surface area contributed by atoms with Gasteiger partial charge in [0.05, 0.1) is 23.0 Å². The van der Waals surface area contributed by atoms with E-state index in [1.54, 1.807) is 17.3 Å². The Balaban J connectivity index is 1.75. The summed E-state index contributed by atoms with van der Waals surface area (Å²) in [6.07, 6.45) is 3.21. The fourth-order valence-corrected chi connectivity index (χ4v) is 2.01. The van der Waals surface area contributed by atoms with Gasteiger partial charge in [0.15, 0.2) is 0 Å². The molecule has 0 aliphatic carbocycles. The van der Waals surface area contributed by atoms with E-state index < -0.39 is 0 Å². The van der Waals surface area contributed by atoms with Gasteiger partial charge in [-0.2, -0.15) is 0 Å². The van der Waals surface area contributed by atoms with Gasteiger partial charge in [0.25, 0.3) is 0 Å². The third-order valence-electron chi connectivity index (χ3n) is 2.60. The zero-order chi connectivity index (χ0) is 13.1. The fourth-order valence-electron chi connectivity index (χ4n) is 1.67. The number of nitrogens with one attached hydrogen (secondary N) is 1. The van der Waals surface area contributed by atoms with Crippen LogP contribution in [-0.2, 0) is 6.54 Å². The maximum atomic E-state index is 5.34. The van der Waals surface area contributed by atoms with Crippen LogP contribution in [0.1, 0.15) is 5.76 Å². The van der Waals surface area contributed by atoms with Crippen molar-refractivity contribution in [1.82, 2.24) is 20.2 Å². The molecule has 6 nitrogen and oxygen atoms in total. The topological polar surface area (TPSA) is 68.8 Å². The van der Waals surface area contributed by atoms with Crippen LogP contribution < -0.4 is 5.32 Å². The van der Waals surface area contributed by atoms with Gasteiger partial charge in [-0.3, -0.25) is 0 Å². The number of hydrogen-bond acceptors (Lipinski definition) is 5. The second-order valence-corrected chi connectivity index (χ2v) is 4.70. The van der Waals surface area contributed by atoms with Crippen molar-refractivity contribution in [3.63, 3.8) is 0 Å². The lowest BCUT2D eigenvalue weighted by Gasteiger charge is -2.06. The second-order valence-electron chi connectivity index (χ2n) is 3.85. The molecule has 3 rings (SSSR count). The zero-order valence-electron chi connectivity index (χ0n) is 9.82. The van der Waals surface area contributed by atoms with E-state index in [-0.39, 0.29) is 0 Å². The van der Waals surface area contributed by atoms with Crippen LogP contribution >= 0.6 is 15.9 Å². The van der Waals surface area contributed by atoms with Crippen LogP contribution in [-0.4, -0.2) is 20.2 Å². The first-order chi connectivity index (χ1) is 9.33. The number of benzene rings is 1. The molecule has 0 spiro atoms. The van der Waals surface area contributed by atoms with Crippen LogP contribution in [0.15, 0.2) is 51.8 Å². The van der Waals surface area contributed by atoms with Gasteiger partial charge in [0.2, 0.25) is 0 Å². The Morgan fingerprint density at radius 2 is 2.26 bits per heavy atom. The number of rotatable bonds is 4. The fraction of sp³-hybridized carbons (Fsp3) is 0.0833. The average Bonchev–Trinajstić information content (AvgIpc) is 3.08. The maximum absolute atomic E-state index is 5.34. The predicted octanol–water partition coefficient (Wildman–Crippen LogP) is 2.63. The Morgan fingerprint density at radius 3 is 3.00 bits per heavy atom. The first kappa shape index (κ1) is 11.9. The maximum Gasteiger partial charge on any atom is 0.143 e. The molecule has 2 aromatic heterocycles. The molecule has 1 aromatic carbocycles. The van der Waals surface area contributed by atoms with E-state index in [4.69, 9.17) is 4.42 Å². The lowest BCUT2D eigenvalue weighted by Crippen LogP contribution is -2.01. The molecule has 0 bridgehead atoms. The summed E-state index contributed by atoms with van der Waals surface area (Å²) in [5, 5.41) is 14.4. The van der Waals surface area contributed by atoms with Crippen molar-refractivity contribution in [3.05, 3.63) is 53.2 Å². The SMILES string of the molecule is Brc1ccoc1CNc1cccc(-n2cnnn2)c1. The van der Waals surface area contributed by atoms with Crippen molar-refractivity contribution in [1.29, 1.82) is 0 Å². The molecule has 0 unspecified atom stereocenters. The molecule has 2 heterocycles. The summed E-state index contributed by atoms with van der Waals surface area (Å²) in [5.41, 5.74) is 1.87. The van der Waals surface area contributed by atoms with Gasteiger partial charge in [-0.25, -0.2) is 4.68 Å². The van der Waals surface area contributed by atoms with E-state index in [0.29, 0.717) is 6.54 Å². The lowest BCUT2D eigenvalue weighted by atomic mass is 10.2.